The SMILES string of the molecule is CC(CN=C(N)N1CCN(c2ccc(F)cc2)CC1)c1nccs1.I. The first kappa shape index (κ1) is 19.9. The maximum absolute atomic E-state index is 13.0. The predicted octanol–water partition coefficient (Wildman–Crippen LogP) is 3.14. The number of thiazole rings is 1. The van der Waals surface area contributed by atoms with Crippen molar-refractivity contribution in [2.75, 3.05) is 37.6 Å². The molecule has 2 heterocycles. The number of rotatable bonds is 4. The lowest BCUT2D eigenvalue weighted by atomic mass is 10.2. The molecule has 136 valence electrons. The Labute approximate surface area is 168 Å². The Hall–Kier alpha value is -1.42. The highest BCUT2D eigenvalue weighted by atomic mass is 127. The van der Waals surface area contributed by atoms with E-state index in [-0.39, 0.29) is 35.7 Å². The van der Waals surface area contributed by atoms with Crippen LogP contribution in [0.3, 0.4) is 0 Å². The van der Waals surface area contributed by atoms with Gasteiger partial charge in [0, 0.05) is 49.4 Å². The molecule has 0 saturated carbocycles. The topological polar surface area (TPSA) is 57.8 Å². The summed E-state index contributed by atoms with van der Waals surface area (Å²) in [4.78, 5) is 13.2. The van der Waals surface area contributed by atoms with Crippen LogP contribution in [0.4, 0.5) is 10.1 Å². The molecule has 1 saturated heterocycles. The summed E-state index contributed by atoms with van der Waals surface area (Å²) in [5, 5.41) is 3.07. The number of guanidine groups is 1. The number of benzene rings is 1. The average molecular weight is 475 g/mol. The van der Waals surface area contributed by atoms with E-state index in [2.05, 4.69) is 26.7 Å². The van der Waals surface area contributed by atoms with Gasteiger partial charge in [0.1, 0.15) is 5.82 Å². The van der Waals surface area contributed by atoms with Crippen molar-refractivity contribution in [3.05, 3.63) is 46.7 Å². The first-order valence-electron chi connectivity index (χ1n) is 8.08. The summed E-state index contributed by atoms with van der Waals surface area (Å²) < 4.78 is 13.0. The third-order valence-corrected chi connectivity index (χ3v) is 5.20. The molecule has 0 radical (unpaired) electrons. The highest BCUT2D eigenvalue weighted by molar-refractivity contribution is 14.0. The van der Waals surface area contributed by atoms with Crippen molar-refractivity contribution < 1.29 is 4.39 Å². The number of halogens is 2. The molecule has 5 nitrogen and oxygen atoms in total. The maximum Gasteiger partial charge on any atom is 0.191 e. The fourth-order valence-corrected chi connectivity index (χ4v) is 3.42. The Kier molecular flexibility index (Phi) is 7.42. The van der Waals surface area contributed by atoms with Crippen molar-refractivity contribution in [2.45, 2.75) is 12.8 Å². The molecule has 8 heteroatoms. The van der Waals surface area contributed by atoms with E-state index >= 15 is 0 Å². The minimum absolute atomic E-state index is 0. The summed E-state index contributed by atoms with van der Waals surface area (Å²) in [6, 6.07) is 6.63. The zero-order valence-corrected chi connectivity index (χ0v) is 17.3. The summed E-state index contributed by atoms with van der Waals surface area (Å²) in [6.07, 6.45) is 1.82. The van der Waals surface area contributed by atoms with Gasteiger partial charge in [-0.25, -0.2) is 9.37 Å². The van der Waals surface area contributed by atoms with Crippen LogP contribution in [0, 0.1) is 5.82 Å². The lowest BCUT2D eigenvalue weighted by molar-refractivity contribution is 0.380. The summed E-state index contributed by atoms with van der Waals surface area (Å²) >= 11 is 1.65. The van der Waals surface area contributed by atoms with E-state index < -0.39 is 0 Å². The van der Waals surface area contributed by atoms with E-state index in [1.54, 1.807) is 11.3 Å². The third-order valence-electron chi connectivity index (χ3n) is 4.20. The minimum Gasteiger partial charge on any atom is -0.370 e. The molecule has 2 aromatic rings. The fourth-order valence-electron chi connectivity index (χ4n) is 2.73. The van der Waals surface area contributed by atoms with Crippen LogP contribution in [-0.2, 0) is 0 Å². The number of nitrogens with two attached hydrogens (primary N) is 1. The number of aromatic nitrogens is 1. The molecule has 0 aliphatic carbocycles. The molecule has 1 atom stereocenters. The second-order valence-electron chi connectivity index (χ2n) is 5.92. The van der Waals surface area contributed by atoms with Crippen LogP contribution in [0.2, 0.25) is 0 Å². The van der Waals surface area contributed by atoms with Gasteiger partial charge >= 0.3 is 0 Å². The Morgan fingerprint density at radius 2 is 1.96 bits per heavy atom. The standard InChI is InChI=1S/C17H22FN5S.HI/c1-13(16-20-6-11-24-16)12-21-17(19)23-9-7-22(8-10-23)15-4-2-14(18)3-5-15;/h2-6,11,13H,7-10,12H2,1H3,(H2,19,21);1H. The first-order valence-corrected chi connectivity index (χ1v) is 8.96. The molecule has 1 unspecified atom stereocenters. The lowest BCUT2D eigenvalue weighted by Gasteiger charge is -2.36. The normalized spacial score (nSPS) is 16.5. The monoisotopic (exact) mass is 475 g/mol. The molecule has 3 rings (SSSR count). The number of piperazine rings is 1. The van der Waals surface area contributed by atoms with Crippen LogP contribution >= 0.6 is 35.3 Å². The molecule has 1 aliphatic heterocycles. The number of aliphatic imine (C=N–C) groups is 1. The Morgan fingerprint density at radius 3 is 2.56 bits per heavy atom. The third kappa shape index (κ3) is 5.27. The molecule has 2 N–H and O–H groups in total. The molecule has 0 bridgehead atoms. The van der Waals surface area contributed by atoms with E-state index in [9.17, 15) is 4.39 Å². The molecule has 0 amide bonds. The van der Waals surface area contributed by atoms with E-state index in [0.29, 0.717) is 12.5 Å². The first-order chi connectivity index (χ1) is 11.6. The number of hydrogen-bond acceptors (Lipinski definition) is 4. The summed E-state index contributed by atoms with van der Waals surface area (Å²) in [5.74, 6) is 0.671. The minimum atomic E-state index is -0.205. The zero-order valence-electron chi connectivity index (χ0n) is 14.1. The second kappa shape index (κ2) is 9.33. The molecular formula is C17H23FIN5S. The van der Waals surface area contributed by atoms with Crippen molar-refractivity contribution in [2.24, 2.45) is 10.7 Å². The summed E-state index contributed by atoms with van der Waals surface area (Å²) in [7, 11) is 0. The molecule has 0 spiro atoms. The van der Waals surface area contributed by atoms with Crippen LogP contribution in [0.15, 0.2) is 40.8 Å². The van der Waals surface area contributed by atoms with E-state index in [1.165, 1.54) is 12.1 Å². The van der Waals surface area contributed by atoms with Crippen molar-refractivity contribution in [3.8, 4) is 0 Å². The maximum atomic E-state index is 13.0. The molecular weight excluding hydrogens is 452 g/mol. The van der Waals surface area contributed by atoms with Gasteiger partial charge in [-0.15, -0.1) is 35.3 Å². The molecule has 1 fully saturated rings. The van der Waals surface area contributed by atoms with Gasteiger partial charge in [-0.2, -0.15) is 0 Å². The molecule has 25 heavy (non-hydrogen) atoms. The Morgan fingerprint density at radius 1 is 1.28 bits per heavy atom. The van der Waals surface area contributed by atoms with E-state index in [1.807, 2.05) is 23.7 Å². The van der Waals surface area contributed by atoms with Crippen molar-refractivity contribution >= 4 is 47.0 Å². The highest BCUT2D eigenvalue weighted by Gasteiger charge is 2.19. The van der Waals surface area contributed by atoms with Crippen LogP contribution in [0.25, 0.3) is 0 Å². The zero-order chi connectivity index (χ0) is 16.9. The Bertz CT molecular complexity index is 669. The van der Waals surface area contributed by atoms with Gasteiger partial charge in [0.2, 0.25) is 0 Å². The average Bonchev–Trinajstić information content (AvgIpc) is 3.15. The number of nitrogens with zero attached hydrogens (tertiary/aromatic N) is 4. The van der Waals surface area contributed by atoms with Gasteiger partial charge in [0.25, 0.3) is 0 Å². The molecule has 1 aromatic heterocycles. The van der Waals surface area contributed by atoms with Crippen LogP contribution in [0.1, 0.15) is 17.8 Å². The molecule has 1 aliphatic rings. The van der Waals surface area contributed by atoms with Gasteiger partial charge in [-0.05, 0) is 24.3 Å². The largest absolute Gasteiger partial charge is 0.370 e. The second-order valence-corrected chi connectivity index (χ2v) is 6.85. The quantitative estimate of drug-likeness (QED) is 0.420. The van der Waals surface area contributed by atoms with Crippen molar-refractivity contribution in [1.82, 2.24) is 9.88 Å². The van der Waals surface area contributed by atoms with Gasteiger partial charge in [-0.1, -0.05) is 6.92 Å². The Balaban J connectivity index is 0.00000225. The fraction of sp³-hybridized carbons (Fsp3) is 0.412. The van der Waals surface area contributed by atoms with Crippen LogP contribution in [0.5, 0.6) is 0 Å². The van der Waals surface area contributed by atoms with Crippen LogP contribution in [-0.4, -0.2) is 48.6 Å². The van der Waals surface area contributed by atoms with Gasteiger partial charge in [0.05, 0.1) is 11.6 Å². The predicted molar refractivity (Wildman–Crippen MR) is 113 cm³/mol. The van der Waals surface area contributed by atoms with Gasteiger partial charge < -0.3 is 15.5 Å². The number of hydrogen-bond donors (Lipinski definition) is 1. The highest BCUT2D eigenvalue weighted by Crippen LogP contribution is 2.19. The summed E-state index contributed by atoms with van der Waals surface area (Å²) in [5.41, 5.74) is 7.19. The lowest BCUT2D eigenvalue weighted by Crippen LogP contribution is -2.51. The van der Waals surface area contributed by atoms with Crippen molar-refractivity contribution in [3.63, 3.8) is 0 Å². The van der Waals surface area contributed by atoms with Crippen LogP contribution < -0.4 is 10.6 Å². The van der Waals surface area contributed by atoms with Gasteiger partial charge in [-0.3, -0.25) is 4.99 Å². The summed E-state index contributed by atoms with van der Waals surface area (Å²) in [6.45, 7) is 6.10. The molecule has 1 aromatic carbocycles. The van der Waals surface area contributed by atoms with Gasteiger partial charge in [0.15, 0.2) is 5.96 Å². The van der Waals surface area contributed by atoms with Crippen molar-refractivity contribution in [1.29, 1.82) is 0 Å². The smallest absolute Gasteiger partial charge is 0.191 e. The van der Waals surface area contributed by atoms with E-state index in [0.717, 1.165) is 36.9 Å². The number of anilines is 1. The van der Waals surface area contributed by atoms with E-state index in [4.69, 9.17) is 5.73 Å².